The minimum Gasteiger partial charge on any atom is -0.457 e. The smallest absolute Gasteiger partial charge is 0.272 e. The van der Waals surface area contributed by atoms with E-state index in [0.717, 1.165) is 0 Å². The summed E-state index contributed by atoms with van der Waals surface area (Å²) in [6.07, 6.45) is 1.53. The van der Waals surface area contributed by atoms with E-state index in [9.17, 15) is 9.90 Å². The molecule has 1 heterocycles. The predicted octanol–water partition coefficient (Wildman–Crippen LogP) is 2.72. The van der Waals surface area contributed by atoms with Crippen LogP contribution >= 0.6 is 0 Å². The molecule has 1 aromatic carbocycles. The van der Waals surface area contributed by atoms with E-state index in [1.54, 1.807) is 33.0 Å². The minimum absolute atomic E-state index is 0.220. The van der Waals surface area contributed by atoms with E-state index in [-0.39, 0.29) is 18.1 Å². The highest BCUT2D eigenvalue weighted by molar-refractivity contribution is 5.92. The van der Waals surface area contributed by atoms with E-state index in [0.29, 0.717) is 11.5 Å². The van der Waals surface area contributed by atoms with Crippen LogP contribution in [0.15, 0.2) is 48.7 Å². The van der Waals surface area contributed by atoms with Crippen molar-refractivity contribution in [2.24, 2.45) is 0 Å². The fourth-order valence-electron chi connectivity index (χ4n) is 2.06. The van der Waals surface area contributed by atoms with Crippen molar-refractivity contribution in [3.63, 3.8) is 0 Å². The molecular formula is C17H20N2O3. The van der Waals surface area contributed by atoms with Gasteiger partial charge in [0.1, 0.15) is 17.2 Å². The number of amides is 1. The van der Waals surface area contributed by atoms with Gasteiger partial charge in [0.05, 0.1) is 5.60 Å². The molecule has 0 atom stereocenters. The topological polar surface area (TPSA) is 62.7 Å². The maximum Gasteiger partial charge on any atom is 0.272 e. The van der Waals surface area contributed by atoms with Crippen LogP contribution in [0.3, 0.4) is 0 Å². The normalized spacial score (nSPS) is 11.1. The zero-order chi connectivity index (χ0) is 16.2. The molecule has 1 aromatic heterocycles. The summed E-state index contributed by atoms with van der Waals surface area (Å²) in [4.78, 5) is 17.8. The van der Waals surface area contributed by atoms with Crippen LogP contribution in [0.4, 0.5) is 0 Å². The molecule has 2 aromatic rings. The molecule has 0 bridgehead atoms. The fourth-order valence-corrected chi connectivity index (χ4v) is 2.06. The Morgan fingerprint density at radius 2 is 1.91 bits per heavy atom. The number of carbonyl (C=O) groups is 1. The Labute approximate surface area is 130 Å². The molecule has 0 saturated carbocycles. The quantitative estimate of drug-likeness (QED) is 0.922. The summed E-state index contributed by atoms with van der Waals surface area (Å²) in [5, 5.41) is 9.79. The third-order valence-corrected chi connectivity index (χ3v) is 2.90. The number of para-hydroxylation sites is 1. The Kier molecular flexibility index (Phi) is 4.78. The van der Waals surface area contributed by atoms with Crippen LogP contribution in [-0.4, -0.2) is 40.1 Å². The van der Waals surface area contributed by atoms with Crippen molar-refractivity contribution < 1.29 is 14.6 Å². The summed E-state index contributed by atoms with van der Waals surface area (Å²) in [7, 11) is 1.63. The van der Waals surface area contributed by atoms with Gasteiger partial charge in [-0.2, -0.15) is 0 Å². The molecule has 0 unspecified atom stereocenters. The van der Waals surface area contributed by atoms with Gasteiger partial charge in [0.15, 0.2) is 0 Å². The van der Waals surface area contributed by atoms with Crippen LogP contribution in [-0.2, 0) is 0 Å². The van der Waals surface area contributed by atoms with Crippen LogP contribution < -0.4 is 4.74 Å². The first-order chi connectivity index (χ1) is 10.3. The number of aromatic nitrogens is 1. The lowest BCUT2D eigenvalue weighted by Gasteiger charge is -2.25. The van der Waals surface area contributed by atoms with Crippen molar-refractivity contribution in [2.45, 2.75) is 19.4 Å². The average Bonchev–Trinajstić information content (AvgIpc) is 2.46. The SMILES string of the molecule is CN(CC(C)(C)O)C(=O)c1cc(Oc2ccccc2)ccn1. The van der Waals surface area contributed by atoms with Gasteiger partial charge in [-0.3, -0.25) is 9.78 Å². The number of benzene rings is 1. The highest BCUT2D eigenvalue weighted by atomic mass is 16.5. The minimum atomic E-state index is -0.956. The van der Waals surface area contributed by atoms with Gasteiger partial charge in [0.25, 0.3) is 5.91 Å². The van der Waals surface area contributed by atoms with Gasteiger partial charge in [-0.25, -0.2) is 0 Å². The van der Waals surface area contributed by atoms with Gasteiger partial charge in [0.2, 0.25) is 0 Å². The second-order valence-electron chi connectivity index (χ2n) is 5.77. The molecule has 0 fully saturated rings. The Bertz CT molecular complexity index is 636. The lowest BCUT2D eigenvalue weighted by molar-refractivity contribution is 0.0365. The predicted molar refractivity (Wildman–Crippen MR) is 84.0 cm³/mol. The summed E-state index contributed by atoms with van der Waals surface area (Å²) in [5.41, 5.74) is -0.678. The molecule has 1 amide bonds. The van der Waals surface area contributed by atoms with Crippen molar-refractivity contribution in [3.8, 4) is 11.5 Å². The summed E-state index contributed by atoms with van der Waals surface area (Å²) in [5.74, 6) is 0.971. The number of likely N-dealkylation sites (N-methyl/N-ethyl adjacent to an activating group) is 1. The van der Waals surface area contributed by atoms with E-state index < -0.39 is 5.60 Å². The number of nitrogens with zero attached hydrogens (tertiary/aromatic N) is 2. The number of pyridine rings is 1. The molecule has 1 N–H and O–H groups in total. The van der Waals surface area contributed by atoms with Crippen LogP contribution in [0.1, 0.15) is 24.3 Å². The third-order valence-electron chi connectivity index (χ3n) is 2.90. The molecule has 0 aliphatic carbocycles. The molecule has 0 aliphatic heterocycles. The number of rotatable bonds is 5. The largest absolute Gasteiger partial charge is 0.457 e. The van der Waals surface area contributed by atoms with Crippen LogP contribution in [0, 0.1) is 0 Å². The first-order valence-electron chi connectivity index (χ1n) is 7.02. The molecule has 5 heteroatoms. The van der Waals surface area contributed by atoms with Crippen LogP contribution in [0.5, 0.6) is 11.5 Å². The van der Waals surface area contributed by atoms with E-state index in [1.165, 1.54) is 11.1 Å². The Morgan fingerprint density at radius 3 is 2.55 bits per heavy atom. The molecule has 116 valence electrons. The van der Waals surface area contributed by atoms with Crippen LogP contribution in [0.25, 0.3) is 0 Å². The molecule has 5 nitrogen and oxygen atoms in total. The molecule has 0 saturated heterocycles. The number of ether oxygens (including phenoxy) is 1. The van der Waals surface area contributed by atoms with Gasteiger partial charge in [0, 0.05) is 25.9 Å². The van der Waals surface area contributed by atoms with Crippen molar-refractivity contribution in [2.75, 3.05) is 13.6 Å². The first-order valence-corrected chi connectivity index (χ1v) is 7.02. The summed E-state index contributed by atoms with van der Waals surface area (Å²) < 4.78 is 5.69. The molecule has 22 heavy (non-hydrogen) atoms. The molecule has 0 radical (unpaired) electrons. The Morgan fingerprint density at radius 1 is 1.23 bits per heavy atom. The maximum absolute atomic E-state index is 12.3. The zero-order valence-corrected chi connectivity index (χ0v) is 13.0. The van der Waals surface area contributed by atoms with Gasteiger partial charge in [-0.1, -0.05) is 18.2 Å². The van der Waals surface area contributed by atoms with Gasteiger partial charge in [-0.15, -0.1) is 0 Å². The summed E-state index contributed by atoms with van der Waals surface area (Å²) in [6.45, 7) is 3.52. The van der Waals surface area contributed by atoms with E-state index in [2.05, 4.69) is 4.98 Å². The first kappa shape index (κ1) is 16.0. The maximum atomic E-state index is 12.3. The molecule has 0 aliphatic rings. The monoisotopic (exact) mass is 300 g/mol. The number of aliphatic hydroxyl groups is 1. The van der Waals surface area contributed by atoms with Crippen LogP contribution in [0.2, 0.25) is 0 Å². The third kappa shape index (κ3) is 4.56. The van der Waals surface area contributed by atoms with Crippen molar-refractivity contribution in [1.29, 1.82) is 0 Å². The number of hydrogen-bond acceptors (Lipinski definition) is 4. The highest BCUT2D eigenvalue weighted by Crippen LogP contribution is 2.21. The molecular weight excluding hydrogens is 280 g/mol. The molecule has 2 rings (SSSR count). The lowest BCUT2D eigenvalue weighted by atomic mass is 10.1. The number of carbonyl (C=O) groups excluding carboxylic acids is 1. The van der Waals surface area contributed by atoms with Crippen molar-refractivity contribution >= 4 is 5.91 Å². The van der Waals surface area contributed by atoms with Gasteiger partial charge in [-0.05, 0) is 32.0 Å². The Balaban J connectivity index is 2.12. The summed E-state index contributed by atoms with van der Waals surface area (Å²) in [6, 6.07) is 12.6. The van der Waals surface area contributed by atoms with Crippen molar-refractivity contribution in [1.82, 2.24) is 9.88 Å². The van der Waals surface area contributed by atoms with Crippen molar-refractivity contribution in [3.05, 3.63) is 54.4 Å². The summed E-state index contributed by atoms with van der Waals surface area (Å²) >= 11 is 0. The highest BCUT2D eigenvalue weighted by Gasteiger charge is 2.21. The second kappa shape index (κ2) is 6.58. The van der Waals surface area contributed by atoms with Gasteiger partial charge >= 0.3 is 0 Å². The average molecular weight is 300 g/mol. The lowest BCUT2D eigenvalue weighted by Crippen LogP contribution is -2.39. The van der Waals surface area contributed by atoms with Gasteiger partial charge < -0.3 is 14.7 Å². The second-order valence-corrected chi connectivity index (χ2v) is 5.77. The van der Waals surface area contributed by atoms with E-state index >= 15 is 0 Å². The molecule has 0 spiro atoms. The fraction of sp³-hybridized carbons (Fsp3) is 0.294. The Hall–Kier alpha value is -2.40. The number of hydrogen-bond donors (Lipinski definition) is 1. The van der Waals surface area contributed by atoms with E-state index in [4.69, 9.17) is 4.74 Å². The zero-order valence-electron chi connectivity index (χ0n) is 13.0. The van der Waals surface area contributed by atoms with E-state index in [1.807, 2.05) is 30.3 Å². The standard InChI is InChI=1S/C17H20N2O3/c1-17(2,21)12-19(3)16(20)15-11-14(9-10-18-15)22-13-7-5-4-6-8-13/h4-11,21H,12H2,1-3H3.